The number of carbonyl (C=O) groups excluding carboxylic acids is 2. The van der Waals surface area contributed by atoms with Crippen molar-refractivity contribution in [3.05, 3.63) is 30.7 Å². The first-order chi connectivity index (χ1) is 12.4. The third kappa shape index (κ3) is 1.95. The maximum atomic E-state index is 16.8. The van der Waals surface area contributed by atoms with E-state index < -0.39 is 39.9 Å². The Labute approximate surface area is 159 Å². The van der Waals surface area contributed by atoms with Crippen molar-refractivity contribution in [1.29, 1.82) is 0 Å². The van der Waals surface area contributed by atoms with E-state index >= 15 is 4.39 Å². The van der Waals surface area contributed by atoms with Crippen molar-refractivity contribution < 1.29 is 24.2 Å². The average molecular weight is 375 g/mol. The zero-order valence-corrected chi connectivity index (χ0v) is 16.2. The molecule has 0 spiro atoms. The van der Waals surface area contributed by atoms with Crippen LogP contribution < -0.4 is 0 Å². The van der Waals surface area contributed by atoms with Crippen LogP contribution in [-0.4, -0.2) is 39.2 Å². The number of rotatable bonds is 1. The Morgan fingerprint density at radius 2 is 2.00 bits per heavy atom. The molecule has 2 N–H and O–H groups in total. The van der Waals surface area contributed by atoms with E-state index in [9.17, 15) is 19.8 Å². The van der Waals surface area contributed by atoms with Gasteiger partial charge < -0.3 is 10.2 Å². The molecule has 3 saturated carbocycles. The standard InChI is InChI=1S/C22H28FO4/c1-12-9-17-16-6-5-14-10-15(25)7-8-19(14,3)21(16,23)18(26)11-20(17,4)22(12,27)13(2)24/h7-8,10,12,16-18,26-27H,2,5-6,9,11H2,1,3-4H3/t12-,16?,17?,18+,19+,20+,21+,22+/m1/s1. The van der Waals surface area contributed by atoms with Crippen LogP contribution in [0, 0.1) is 35.5 Å². The fraction of sp³-hybridized carbons (Fsp3) is 0.682. The Morgan fingerprint density at radius 1 is 1.33 bits per heavy atom. The minimum atomic E-state index is -1.94. The molecule has 0 aromatic carbocycles. The molecular weight excluding hydrogens is 347 g/mol. The summed E-state index contributed by atoms with van der Waals surface area (Å²) >= 11 is 0. The first-order valence-corrected chi connectivity index (χ1v) is 9.83. The van der Waals surface area contributed by atoms with Gasteiger partial charge in [0.25, 0.3) is 0 Å². The van der Waals surface area contributed by atoms with Crippen LogP contribution in [0.15, 0.2) is 23.8 Å². The third-order valence-electron chi connectivity index (χ3n) is 8.65. The second-order valence-corrected chi connectivity index (χ2v) is 9.59. The van der Waals surface area contributed by atoms with Crippen molar-refractivity contribution in [2.45, 2.75) is 63.8 Å². The van der Waals surface area contributed by atoms with Crippen LogP contribution in [0.3, 0.4) is 0 Å². The number of fused-ring (bicyclic) bond motifs is 5. The van der Waals surface area contributed by atoms with E-state index in [-0.39, 0.29) is 24.0 Å². The lowest BCUT2D eigenvalue weighted by molar-refractivity contribution is -0.217. The maximum Gasteiger partial charge on any atom is 0.178 e. The number of halogens is 1. The van der Waals surface area contributed by atoms with Crippen molar-refractivity contribution >= 4 is 11.6 Å². The summed E-state index contributed by atoms with van der Waals surface area (Å²) in [6.07, 6.45) is 4.75. The van der Waals surface area contributed by atoms with Gasteiger partial charge in [0.2, 0.25) is 0 Å². The number of hydrogen-bond acceptors (Lipinski definition) is 4. The molecule has 4 nitrogen and oxygen atoms in total. The number of ketones is 2. The van der Waals surface area contributed by atoms with Gasteiger partial charge in [-0.05, 0) is 56.6 Å². The fourth-order valence-electron chi connectivity index (χ4n) is 7.14. The monoisotopic (exact) mass is 375 g/mol. The van der Waals surface area contributed by atoms with Gasteiger partial charge in [-0.3, -0.25) is 9.59 Å². The first kappa shape index (κ1) is 19.0. The number of hydrogen-bond donors (Lipinski definition) is 2. The van der Waals surface area contributed by atoms with E-state index in [1.165, 1.54) is 12.2 Å². The quantitative estimate of drug-likeness (QED) is 0.739. The maximum absolute atomic E-state index is 16.8. The number of Topliss-reactive ketones (excluding diaryl/α,β-unsaturated/α-hetero) is 1. The zero-order valence-electron chi connectivity index (χ0n) is 16.2. The largest absolute Gasteiger partial charge is 0.390 e. The first-order valence-electron chi connectivity index (χ1n) is 9.83. The minimum Gasteiger partial charge on any atom is -0.390 e. The minimum absolute atomic E-state index is 0.00256. The van der Waals surface area contributed by atoms with Crippen LogP contribution in [0.2, 0.25) is 0 Å². The van der Waals surface area contributed by atoms with Crippen molar-refractivity contribution in [3.63, 3.8) is 0 Å². The molecule has 4 rings (SSSR count). The van der Waals surface area contributed by atoms with E-state index in [0.29, 0.717) is 19.3 Å². The fourth-order valence-corrected chi connectivity index (χ4v) is 7.14. The Morgan fingerprint density at radius 3 is 2.63 bits per heavy atom. The molecule has 0 bridgehead atoms. The summed E-state index contributed by atoms with van der Waals surface area (Å²) in [5.41, 5.74) is -4.84. The van der Waals surface area contributed by atoms with Crippen molar-refractivity contribution in [2.75, 3.05) is 0 Å². The van der Waals surface area contributed by atoms with Crippen LogP contribution >= 0.6 is 0 Å². The second kappa shape index (κ2) is 5.38. The van der Waals surface area contributed by atoms with Gasteiger partial charge in [-0.2, -0.15) is 0 Å². The average Bonchev–Trinajstić information content (AvgIpc) is 2.79. The predicted molar refractivity (Wildman–Crippen MR) is 98.2 cm³/mol. The molecule has 147 valence electrons. The van der Waals surface area contributed by atoms with Gasteiger partial charge in [0.1, 0.15) is 5.60 Å². The third-order valence-corrected chi connectivity index (χ3v) is 8.65. The molecule has 4 aliphatic rings. The molecule has 0 aromatic rings. The van der Waals surface area contributed by atoms with Crippen molar-refractivity contribution in [1.82, 2.24) is 0 Å². The molecule has 0 saturated heterocycles. The topological polar surface area (TPSA) is 74.6 Å². The van der Waals surface area contributed by atoms with E-state index in [2.05, 4.69) is 6.92 Å². The summed E-state index contributed by atoms with van der Waals surface area (Å²) in [5.74, 6) is -1.78. The van der Waals surface area contributed by atoms with Crippen LogP contribution in [-0.2, 0) is 9.59 Å². The lowest BCUT2D eigenvalue weighted by Gasteiger charge is -2.62. The van der Waals surface area contributed by atoms with Crippen molar-refractivity contribution in [3.8, 4) is 0 Å². The number of aliphatic hydroxyl groups excluding tert-OH is 1. The van der Waals surface area contributed by atoms with Crippen LogP contribution in [0.4, 0.5) is 4.39 Å². The molecule has 2 unspecified atom stereocenters. The number of aliphatic hydroxyl groups is 2. The zero-order chi connectivity index (χ0) is 20.0. The Bertz CT molecular complexity index is 787. The summed E-state index contributed by atoms with van der Waals surface area (Å²) in [6, 6.07) is 0. The SMILES string of the molecule is [CH2]C(=O)[C@@]1(O)[C@H](C)CC2C3CCC4=CC(=O)C=C[C@]4(C)[C@@]3(F)[C@@H](O)C[C@@]21C. The van der Waals surface area contributed by atoms with E-state index in [1.807, 2.05) is 6.92 Å². The molecular formula is C22H28FO4. The number of allylic oxidation sites excluding steroid dienone is 4. The molecule has 27 heavy (non-hydrogen) atoms. The van der Waals surface area contributed by atoms with Gasteiger partial charge in [-0.15, -0.1) is 0 Å². The van der Waals surface area contributed by atoms with Crippen LogP contribution in [0.5, 0.6) is 0 Å². The molecule has 0 amide bonds. The van der Waals surface area contributed by atoms with Gasteiger partial charge in [0.15, 0.2) is 17.2 Å². The summed E-state index contributed by atoms with van der Waals surface area (Å²) in [7, 11) is 0. The van der Waals surface area contributed by atoms with E-state index in [0.717, 1.165) is 5.57 Å². The summed E-state index contributed by atoms with van der Waals surface area (Å²) < 4.78 is 16.8. The van der Waals surface area contributed by atoms with Gasteiger partial charge in [-0.1, -0.05) is 25.5 Å². The molecule has 8 atom stereocenters. The highest BCUT2D eigenvalue weighted by molar-refractivity contribution is 6.01. The highest BCUT2D eigenvalue weighted by Gasteiger charge is 2.75. The Kier molecular flexibility index (Phi) is 3.79. The van der Waals surface area contributed by atoms with E-state index in [4.69, 9.17) is 0 Å². The van der Waals surface area contributed by atoms with Crippen LogP contribution in [0.1, 0.15) is 46.5 Å². The molecule has 5 heteroatoms. The molecule has 0 aliphatic heterocycles. The van der Waals surface area contributed by atoms with Gasteiger partial charge in [0.05, 0.1) is 6.10 Å². The van der Waals surface area contributed by atoms with Gasteiger partial charge in [-0.25, -0.2) is 4.39 Å². The molecule has 0 heterocycles. The van der Waals surface area contributed by atoms with Gasteiger partial charge >= 0.3 is 0 Å². The Hall–Kier alpha value is -1.33. The summed E-state index contributed by atoms with van der Waals surface area (Å²) in [5, 5.41) is 22.4. The molecule has 1 radical (unpaired) electrons. The Balaban J connectivity index is 1.85. The predicted octanol–water partition coefficient (Wildman–Crippen LogP) is 2.74. The van der Waals surface area contributed by atoms with Gasteiger partial charge in [0, 0.05) is 23.7 Å². The molecule has 4 aliphatic carbocycles. The van der Waals surface area contributed by atoms with Crippen LogP contribution in [0.25, 0.3) is 0 Å². The second-order valence-electron chi connectivity index (χ2n) is 9.59. The highest BCUT2D eigenvalue weighted by atomic mass is 19.1. The lowest BCUT2D eigenvalue weighted by Crippen LogP contribution is -2.69. The summed E-state index contributed by atoms with van der Waals surface area (Å²) in [6.45, 7) is 8.87. The normalized spacial score (nSPS) is 54.0. The molecule has 3 fully saturated rings. The highest BCUT2D eigenvalue weighted by Crippen LogP contribution is 2.70. The summed E-state index contributed by atoms with van der Waals surface area (Å²) in [4.78, 5) is 24.1. The van der Waals surface area contributed by atoms with Crippen molar-refractivity contribution in [2.24, 2.45) is 28.6 Å². The lowest BCUT2D eigenvalue weighted by atomic mass is 9.44. The number of alkyl halides is 1. The molecule has 0 aromatic heterocycles. The number of carbonyl (C=O) groups is 2. The van der Waals surface area contributed by atoms with E-state index in [1.54, 1.807) is 19.9 Å². The smallest absolute Gasteiger partial charge is 0.178 e.